The molecule has 0 bridgehead atoms. The Bertz CT molecular complexity index is 960. The molecule has 0 aliphatic carbocycles. The molecular formula is C27H32O8. The van der Waals surface area contributed by atoms with E-state index in [2.05, 4.69) is 13.2 Å². The van der Waals surface area contributed by atoms with Crippen LogP contribution in [0.2, 0.25) is 0 Å². The Morgan fingerprint density at radius 3 is 1.54 bits per heavy atom. The van der Waals surface area contributed by atoms with Crippen LogP contribution in [0.3, 0.4) is 0 Å². The lowest BCUT2D eigenvalue weighted by molar-refractivity contribution is -0.130. The first-order chi connectivity index (χ1) is 16.7. The third-order valence-electron chi connectivity index (χ3n) is 4.87. The van der Waals surface area contributed by atoms with Crippen LogP contribution in [0.25, 0.3) is 0 Å². The number of para-hydroxylation sites is 2. The van der Waals surface area contributed by atoms with Gasteiger partial charge >= 0.3 is 11.9 Å². The summed E-state index contributed by atoms with van der Waals surface area (Å²) >= 11 is 0. The van der Waals surface area contributed by atoms with Gasteiger partial charge in [-0.05, 0) is 32.4 Å². The molecule has 0 saturated carbocycles. The molecular weight excluding hydrogens is 452 g/mol. The van der Waals surface area contributed by atoms with Crippen molar-refractivity contribution in [3.8, 4) is 23.0 Å². The average Bonchev–Trinajstić information content (AvgIpc) is 2.83. The van der Waals surface area contributed by atoms with Gasteiger partial charge in [0.05, 0.1) is 12.2 Å². The summed E-state index contributed by atoms with van der Waals surface area (Å²) in [5.74, 6) is -0.754. The quantitative estimate of drug-likeness (QED) is 0.250. The Morgan fingerprint density at radius 1 is 0.829 bits per heavy atom. The zero-order chi connectivity index (χ0) is 26.0. The molecule has 2 rings (SSSR count). The number of esters is 2. The molecule has 0 saturated heterocycles. The molecule has 0 radical (unpaired) electrons. The number of ether oxygens (including phenoxy) is 4. The molecule has 2 N–H and O–H groups in total. The van der Waals surface area contributed by atoms with Gasteiger partial charge in [0.2, 0.25) is 0 Å². The molecule has 2 aromatic carbocycles. The molecule has 188 valence electrons. The Hall–Kier alpha value is -3.62. The lowest BCUT2D eigenvalue weighted by Gasteiger charge is -2.25. The maximum atomic E-state index is 11.9. The van der Waals surface area contributed by atoms with Crippen molar-refractivity contribution in [3.05, 3.63) is 72.8 Å². The van der Waals surface area contributed by atoms with Crippen LogP contribution >= 0.6 is 0 Å². The molecule has 2 atom stereocenters. The molecule has 8 nitrogen and oxygen atoms in total. The van der Waals surface area contributed by atoms with Gasteiger partial charge in [-0.15, -0.1) is 0 Å². The number of aliphatic hydroxyl groups excluding tert-OH is 2. The summed E-state index contributed by atoms with van der Waals surface area (Å²) in [6.07, 6.45) is 1.12. The molecule has 0 spiro atoms. The van der Waals surface area contributed by atoms with Crippen LogP contribution in [-0.2, 0) is 9.59 Å². The standard InChI is InChI=1S/C27H32O8/c1-6-19(20-11-9-13-22(34-24(30)7-2)26(20)32-15-17(4)28)21-12-10-14-23(35-25(31)8-3)27(21)33-16-18(5)29/h7-14,17-19,28-29H,2-3,6,15-16H2,1,4-5H3. The molecule has 8 heteroatoms. The molecule has 2 unspecified atom stereocenters. The van der Waals surface area contributed by atoms with Crippen molar-refractivity contribution in [3.63, 3.8) is 0 Å². The van der Waals surface area contributed by atoms with Gasteiger partial charge in [-0.2, -0.15) is 0 Å². The highest BCUT2D eigenvalue weighted by Gasteiger charge is 2.26. The molecule has 2 aromatic rings. The summed E-state index contributed by atoms with van der Waals surface area (Å²) in [5.41, 5.74) is 1.33. The molecule has 0 aliphatic heterocycles. The van der Waals surface area contributed by atoms with Crippen LogP contribution in [0.4, 0.5) is 0 Å². The smallest absolute Gasteiger partial charge is 0.335 e. The second kappa shape index (κ2) is 13.3. The topological polar surface area (TPSA) is 112 Å². The van der Waals surface area contributed by atoms with E-state index in [4.69, 9.17) is 18.9 Å². The molecule has 0 amide bonds. The summed E-state index contributed by atoms with van der Waals surface area (Å²) in [6.45, 7) is 11.9. The van der Waals surface area contributed by atoms with Gasteiger partial charge in [0.1, 0.15) is 13.2 Å². The number of carbonyl (C=O) groups excluding carboxylic acids is 2. The fourth-order valence-electron chi connectivity index (χ4n) is 3.40. The van der Waals surface area contributed by atoms with Gasteiger partial charge in [-0.1, -0.05) is 44.3 Å². The van der Waals surface area contributed by atoms with Crippen molar-refractivity contribution in [2.45, 2.75) is 45.3 Å². The Morgan fingerprint density at radius 2 is 1.23 bits per heavy atom. The maximum Gasteiger partial charge on any atom is 0.335 e. The van der Waals surface area contributed by atoms with Crippen LogP contribution in [0.15, 0.2) is 61.7 Å². The number of hydrogen-bond donors (Lipinski definition) is 2. The predicted octanol–water partition coefficient (Wildman–Crippen LogP) is 3.93. The summed E-state index contributed by atoms with van der Waals surface area (Å²) < 4.78 is 22.6. The monoisotopic (exact) mass is 484 g/mol. The minimum absolute atomic E-state index is 0.0333. The van der Waals surface area contributed by atoms with Gasteiger partial charge < -0.3 is 29.2 Å². The lowest BCUT2D eigenvalue weighted by Crippen LogP contribution is -2.17. The van der Waals surface area contributed by atoms with E-state index in [1.165, 1.54) is 0 Å². The van der Waals surface area contributed by atoms with Gasteiger partial charge in [-0.3, -0.25) is 0 Å². The number of rotatable bonds is 13. The highest BCUT2D eigenvalue weighted by Crippen LogP contribution is 2.45. The molecule has 0 aliphatic rings. The molecule has 35 heavy (non-hydrogen) atoms. The van der Waals surface area contributed by atoms with E-state index in [0.29, 0.717) is 17.5 Å². The van der Waals surface area contributed by atoms with E-state index in [1.807, 2.05) is 19.1 Å². The SMILES string of the molecule is C=CC(=O)Oc1cccc(C(CC)c2cccc(OC(=O)C=C)c2OCC(C)O)c1OCC(C)O. The first kappa shape index (κ1) is 27.6. The van der Waals surface area contributed by atoms with Crippen molar-refractivity contribution in [2.24, 2.45) is 0 Å². The molecule has 0 aromatic heterocycles. The first-order valence-electron chi connectivity index (χ1n) is 11.3. The summed E-state index contributed by atoms with van der Waals surface area (Å²) in [4.78, 5) is 23.9. The normalized spacial score (nSPS) is 13.2. The minimum Gasteiger partial charge on any atom is -0.487 e. The van der Waals surface area contributed by atoms with Crippen LogP contribution in [0, 0.1) is 0 Å². The van der Waals surface area contributed by atoms with Crippen molar-refractivity contribution in [2.75, 3.05) is 13.2 Å². The fourth-order valence-corrected chi connectivity index (χ4v) is 3.40. The van der Waals surface area contributed by atoms with Crippen molar-refractivity contribution in [1.29, 1.82) is 0 Å². The van der Waals surface area contributed by atoms with Crippen molar-refractivity contribution in [1.82, 2.24) is 0 Å². The van der Waals surface area contributed by atoms with Crippen LogP contribution in [-0.4, -0.2) is 47.6 Å². The zero-order valence-electron chi connectivity index (χ0n) is 20.2. The van der Waals surface area contributed by atoms with Crippen molar-refractivity contribution >= 4 is 11.9 Å². The summed E-state index contributed by atoms with van der Waals surface area (Å²) in [5, 5.41) is 19.6. The lowest BCUT2D eigenvalue weighted by atomic mass is 9.87. The number of hydrogen-bond acceptors (Lipinski definition) is 8. The number of benzene rings is 2. The third-order valence-corrected chi connectivity index (χ3v) is 4.87. The number of aliphatic hydroxyl groups is 2. The van der Waals surface area contributed by atoms with Gasteiger partial charge in [-0.25, -0.2) is 9.59 Å². The van der Waals surface area contributed by atoms with E-state index < -0.39 is 24.1 Å². The summed E-state index contributed by atoms with van der Waals surface area (Å²) in [6, 6.07) is 10.2. The van der Waals surface area contributed by atoms with E-state index >= 15 is 0 Å². The zero-order valence-corrected chi connectivity index (χ0v) is 20.2. The number of carbonyl (C=O) groups is 2. The Kier molecular flexibility index (Phi) is 10.5. The minimum atomic E-state index is -0.766. The second-order valence-electron chi connectivity index (χ2n) is 7.88. The fraction of sp³-hybridized carbons (Fsp3) is 0.333. The Labute approximate surface area is 205 Å². The van der Waals surface area contributed by atoms with Crippen LogP contribution < -0.4 is 18.9 Å². The molecule has 0 heterocycles. The van der Waals surface area contributed by atoms with Crippen molar-refractivity contribution < 1.29 is 38.7 Å². The van der Waals surface area contributed by atoms with E-state index in [1.54, 1.807) is 38.1 Å². The highest BCUT2D eigenvalue weighted by atomic mass is 16.6. The van der Waals surface area contributed by atoms with Gasteiger partial charge in [0.25, 0.3) is 0 Å². The van der Waals surface area contributed by atoms with E-state index in [9.17, 15) is 19.8 Å². The van der Waals surface area contributed by atoms with Gasteiger partial charge in [0.15, 0.2) is 23.0 Å². The third kappa shape index (κ3) is 7.70. The second-order valence-corrected chi connectivity index (χ2v) is 7.88. The largest absolute Gasteiger partial charge is 0.487 e. The average molecular weight is 485 g/mol. The predicted molar refractivity (Wildman–Crippen MR) is 131 cm³/mol. The van der Waals surface area contributed by atoms with Crippen LogP contribution in [0.1, 0.15) is 44.2 Å². The maximum absolute atomic E-state index is 11.9. The first-order valence-corrected chi connectivity index (χ1v) is 11.3. The van der Waals surface area contributed by atoms with Gasteiger partial charge in [0, 0.05) is 29.2 Å². The summed E-state index contributed by atoms with van der Waals surface area (Å²) in [7, 11) is 0. The van der Waals surface area contributed by atoms with E-state index in [0.717, 1.165) is 12.2 Å². The highest BCUT2D eigenvalue weighted by molar-refractivity contribution is 5.84. The molecule has 0 fully saturated rings. The Balaban J connectivity index is 2.67. The van der Waals surface area contributed by atoms with Crippen LogP contribution in [0.5, 0.6) is 23.0 Å². The van der Waals surface area contributed by atoms with E-state index in [-0.39, 0.29) is 42.1 Å².